The van der Waals surface area contributed by atoms with Crippen molar-refractivity contribution in [3.05, 3.63) is 66.3 Å². The zero-order chi connectivity index (χ0) is 17.4. The minimum absolute atomic E-state index is 0.252. The predicted molar refractivity (Wildman–Crippen MR) is 92.4 cm³/mol. The number of imidazole rings is 1. The summed E-state index contributed by atoms with van der Waals surface area (Å²) < 4.78 is 6.55. The fourth-order valence-electron chi connectivity index (χ4n) is 2.71. The molecule has 0 unspecified atom stereocenters. The molecule has 25 heavy (non-hydrogen) atoms. The molecule has 3 aromatic heterocycles. The quantitative estimate of drug-likeness (QED) is 0.622. The van der Waals surface area contributed by atoms with Crippen LogP contribution in [0.25, 0.3) is 16.8 Å². The van der Waals surface area contributed by atoms with Gasteiger partial charge in [-0.2, -0.15) is 5.10 Å². The summed E-state index contributed by atoms with van der Waals surface area (Å²) in [6.45, 7) is 3.85. The van der Waals surface area contributed by atoms with E-state index in [2.05, 4.69) is 20.4 Å². The molecule has 124 valence electrons. The van der Waals surface area contributed by atoms with Gasteiger partial charge in [-0.15, -0.1) is 0 Å². The Labute approximate surface area is 143 Å². The highest BCUT2D eigenvalue weighted by molar-refractivity contribution is 6.02. The Morgan fingerprint density at radius 3 is 2.68 bits per heavy atom. The Morgan fingerprint density at radius 2 is 1.96 bits per heavy atom. The lowest BCUT2D eigenvalue weighted by molar-refractivity contribution is 0.101. The van der Waals surface area contributed by atoms with Gasteiger partial charge >= 0.3 is 0 Å². The number of nitrogens with zero attached hydrogens (tertiary/aromatic N) is 4. The molecular formula is C18H15N5O2. The molecule has 0 aliphatic carbocycles. The third-order valence-corrected chi connectivity index (χ3v) is 3.90. The lowest BCUT2D eigenvalue weighted by Crippen LogP contribution is -2.17. The molecule has 4 aromatic rings. The molecule has 7 nitrogen and oxygen atoms in total. The average molecular weight is 333 g/mol. The third kappa shape index (κ3) is 2.76. The van der Waals surface area contributed by atoms with E-state index in [4.69, 9.17) is 4.42 Å². The van der Waals surface area contributed by atoms with Crippen molar-refractivity contribution in [1.82, 2.24) is 19.6 Å². The van der Waals surface area contributed by atoms with Gasteiger partial charge in [0.15, 0.2) is 6.39 Å². The van der Waals surface area contributed by atoms with Gasteiger partial charge in [0.1, 0.15) is 12.0 Å². The van der Waals surface area contributed by atoms with Crippen LogP contribution in [0, 0.1) is 13.8 Å². The molecule has 1 N–H and O–H groups in total. The lowest BCUT2D eigenvalue weighted by atomic mass is 10.1. The fourth-order valence-corrected chi connectivity index (χ4v) is 2.71. The first-order chi connectivity index (χ1) is 12.1. The predicted octanol–water partition coefficient (Wildman–Crippen LogP) is 3.25. The Balaban J connectivity index is 1.60. The van der Waals surface area contributed by atoms with Crippen molar-refractivity contribution in [2.24, 2.45) is 0 Å². The van der Waals surface area contributed by atoms with E-state index in [1.165, 1.54) is 6.39 Å². The second kappa shape index (κ2) is 5.86. The molecule has 7 heteroatoms. The van der Waals surface area contributed by atoms with Gasteiger partial charge in [0.2, 0.25) is 5.82 Å². The maximum Gasteiger partial charge on any atom is 0.293 e. The molecule has 1 aromatic carbocycles. The molecule has 0 aliphatic heterocycles. The summed E-state index contributed by atoms with van der Waals surface area (Å²) in [5, 5.41) is 7.22. The Bertz CT molecular complexity index is 1050. The first-order valence-electron chi connectivity index (χ1n) is 7.74. The maximum atomic E-state index is 12.6. The second-order valence-electron chi connectivity index (χ2n) is 5.75. The Kier molecular flexibility index (Phi) is 3.53. The van der Waals surface area contributed by atoms with Crippen molar-refractivity contribution < 1.29 is 9.21 Å². The number of anilines is 1. The number of aryl methyl sites for hydroxylation is 2. The monoisotopic (exact) mass is 333 g/mol. The molecule has 3 heterocycles. The summed E-state index contributed by atoms with van der Waals surface area (Å²) in [6, 6.07) is 9.30. The molecule has 1 amide bonds. The first kappa shape index (κ1) is 15.1. The summed E-state index contributed by atoms with van der Waals surface area (Å²) >= 11 is 0. The SMILES string of the molecule is Cc1cc(C)c2cnc(C(=O)Nc3ccc(-c4cocn4)cc3)n2n1. The van der Waals surface area contributed by atoms with Gasteiger partial charge in [-0.3, -0.25) is 4.79 Å². The van der Waals surface area contributed by atoms with Crippen LogP contribution in [-0.2, 0) is 0 Å². The molecule has 0 aliphatic rings. The van der Waals surface area contributed by atoms with Crippen LogP contribution < -0.4 is 5.32 Å². The lowest BCUT2D eigenvalue weighted by Gasteiger charge is -2.06. The topological polar surface area (TPSA) is 85.3 Å². The molecule has 4 rings (SSSR count). The maximum absolute atomic E-state index is 12.6. The van der Waals surface area contributed by atoms with Gasteiger partial charge in [0.25, 0.3) is 5.91 Å². The zero-order valence-corrected chi connectivity index (χ0v) is 13.7. The highest BCUT2D eigenvalue weighted by Gasteiger charge is 2.15. The van der Waals surface area contributed by atoms with E-state index in [9.17, 15) is 4.79 Å². The second-order valence-corrected chi connectivity index (χ2v) is 5.75. The van der Waals surface area contributed by atoms with Crippen LogP contribution in [0.4, 0.5) is 5.69 Å². The number of rotatable bonds is 3. The van der Waals surface area contributed by atoms with Crippen LogP contribution >= 0.6 is 0 Å². The van der Waals surface area contributed by atoms with Gasteiger partial charge in [0, 0.05) is 11.3 Å². The molecule has 0 saturated carbocycles. The van der Waals surface area contributed by atoms with Crippen molar-refractivity contribution >= 4 is 17.1 Å². The summed E-state index contributed by atoms with van der Waals surface area (Å²) in [5.74, 6) is -0.0611. The van der Waals surface area contributed by atoms with Crippen molar-refractivity contribution in [3.63, 3.8) is 0 Å². The molecule has 0 bridgehead atoms. The molecule has 0 atom stereocenters. The fraction of sp³-hybridized carbons (Fsp3) is 0.111. The van der Waals surface area contributed by atoms with E-state index in [0.29, 0.717) is 5.69 Å². The number of carbonyl (C=O) groups is 1. The van der Waals surface area contributed by atoms with Crippen molar-refractivity contribution in [2.75, 3.05) is 5.32 Å². The molecular weight excluding hydrogens is 318 g/mol. The van der Waals surface area contributed by atoms with Crippen molar-refractivity contribution in [2.45, 2.75) is 13.8 Å². The number of aromatic nitrogens is 4. The van der Waals surface area contributed by atoms with Crippen LogP contribution in [0.2, 0.25) is 0 Å². The Hall–Kier alpha value is -3.48. The van der Waals surface area contributed by atoms with Crippen LogP contribution in [-0.4, -0.2) is 25.5 Å². The first-order valence-corrected chi connectivity index (χ1v) is 7.74. The average Bonchev–Trinajstić information content (AvgIpc) is 3.25. The van der Waals surface area contributed by atoms with Gasteiger partial charge in [-0.25, -0.2) is 14.5 Å². The standard InChI is InChI=1S/C18H15N5O2/c1-11-7-12(2)22-23-16(11)8-19-17(23)18(24)21-14-5-3-13(4-6-14)15-9-25-10-20-15/h3-10H,1-2H3,(H,21,24). The van der Waals surface area contributed by atoms with E-state index in [1.54, 1.807) is 17.0 Å². The van der Waals surface area contributed by atoms with Gasteiger partial charge in [-0.1, -0.05) is 12.1 Å². The summed E-state index contributed by atoms with van der Waals surface area (Å²) in [5.41, 5.74) is 4.98. The van der Waals surface area contributed by atoms with Gasteiger partial charge < -0.3 is 9.73 Å². The van der Waals surface area contributed by atoms with Gasteiger partial charge in [0.05, 0.1) is 17.4 Å². The highest BCUT2D eigenvalue weighted by Crippen LogP contribution is 2.20. The van der Waals surface area contributed by atoms with Crippen LogP contribution in [0.1, 0.15) is 21.9 Å². The van der Waals surface area contributed by atoms with Crippen LogP contribution in [0.3, 0.4) is 0 Å². The Morgan fingerprint density at radius 1 is 1.16 bits per heavy atom. The van der Waals surface area contributed by atoms with E-state index < -0.39 is 0 Å². The van der Waals surface area contributed by atoms with Gasteiger partial charge in [-0.05, 0) is 37.6 Å². The molecule has 0 radical (unpaired) electrons. The van der Waals surface area contributed by atoms with E-state index in [1.807, 2.05) is 44.2 Å². The van der Waals surface area contributed by atoms with Crippen molar-refractivity contribution in [3.8, 4) is 11.3 Å². The normalized spacial score (nSPS) is 11.0. The highest BCUT2D eigenvalue weighted by atomic mass is 16.3. The minimum Gasteiger partial charge on any atom is -0.451 e. The number of hydrogen-bond acceptors (Lipinski definition) is 5. The number of hydrogen-bond donors (Lipinski definition) is 1. The van der Waals surface area contributed by atoms with Crippen LogP contribution in [0.5, 0.6) is 0 Å². The molecule has 0 spiro atoms. The smallest absolute Gasteiger partial charge is 0.293 e. The van der Waals surface area contributed by atoms with Crippen LogP contribution in [0.15, 0.2) is 53.6 Å². The number of oxazole rings is 1. The van der Waals surface area contributed by atoms with E-state index in [-0.39, 0.29) is 11.7 Å². The summed E-state index contributed by atoms with van der Waals surface area (Å²) in [4.78, 5) is 20.9. The zero-order valence-electron chi connectivity index (χ0n) is 13.7. The number of carbonyl (C=O) groups excluding carboxylic acids is 1. The number of fused-ring (bicyclic) bond motifs is 1. The third-order valence-electron chi connectivity index (χ3n) is 3.90. The number of amides is 1. The minimum atomic E-state index is -0.313. The largest absolute Gasteiger partial charge is 0.451 e. The van der Waals surface area contributed by atoms with E-state index >= 15 is 0 Å². The number of benzene rings is 1. The molecule has 0 saturated heterocycles. The van der Waals surface area contributed by atoms with E-state index in [0.717, 1.165) is 28.0 Å². The summed E-state index contributed by atoms with van der Waals surface area (Å²) in [6.07, 6.45) is 4.61. The van der Waals surface area contributed by atoms with Crippen molar-refractivity contribution in [1.29, 1.82) is 0 Å². The summed E-state index contributed by atoms with van der Waals surface area (Å²) in [7, 11) is 0. The molecule has 0 fully saturated rings. The number of nitrogens with one attached hydrogen (secondary N) is 1.